The minimum Gasteiger partial charge on any atom is -0.337 e. The maximum absolute atomic E-state index is 13.6. The van der Waals surface area contributed by atoms with Crippen molar-refractivity contribution in [3.8, 4) is 0 Å². The molecule has 0 spiro atoms. The van der Waals surface area contributed by atoms with Crippen molar-refractivity contribution in [2.75, 3.05) is 4.90 Å². The second-order valence-electron chi connectivity index (χ2n) is 4.46. The molecule has 0 unspecified atom stereocenters. The van der Waals surface area contributed by atoms with Gasteiger partial charge >= 0.3 is 0 Å². The lowest BCUT2D eigenvalue weighted by molar-refractivity contribution is -0.114. The van der Waals surface area contributed by atoms with E-state index in [0.29, 0.717) is 12.2 Å². The van der Waals surface area contributed by atoms with E-state index in [-0.39, 0.29) is 28.7 Å². The molecule has 8 heteroatoms. The largest absolute Gasteiger partial charge is 0.337 e. The van der Waals surface area contributed by atoms with Crippen molar-refractivity contribution in [1.82, 2.24) is 10.1 Å². The van der Waals surface area contributed by atoms with Crippen LogP contribution < -0.4 is 4.90 Å². The third-order valence-corrected chi connectivity index (χ3v) is 3.42. The van der Waals surface area contributed by atoms with Crippen molar-refractivity contribution in [2.24, 2.45) is 0 Å². The Morgan fingerprint density at radius 3 is 2.81 bits per heavy atom. The fourth-order valence-electron chi connectivity index (χ4n) is 2.08. The molecular formula is C13H9ClFN3O3. The molecule has 6 nitrogen and oxygen atoms in total. The number of benzene rings is 1. The van der Waals surface area contributed by atoms with Crippen LogP contribution in [0.1, 0.15) is 29.0 Å². The maximum Gasteiger partial charge on any atom is 0.299 e. The average Bonchev–Trinajstić information content (AvgIpc) is 3.01. The Hall–Kier alpha value is -2.28. The van der Waals surface area contributed by atoms with Crippen LogP contribution in [-0.2, 0) is 17.8 Å². The summed E-state index contributed by atoms with van der Waals surface area (Å²) in [6, 6.07) is 2.20. The van der Waals surface area contributed by atoms with Crippen molar-refractivity contribution in [3.05, 3.63) is 40.3 Å². The van der Waals surface area contributed by atoms with Gasteiger partial charge in [0, 0.05) is 6.42 Å². The van der Waals surface area contributed by atoms with Crippen molar-refractivity contribution in [1.29, 1.82) is 0 Å². The second kappa shape index (κ2) is 4.92. The Labute approximate surface area is 123 Å². The zero-order valence-corrected chi connectivity index (χ0v) is 11.6. The third-order valence-electron chi connectivity index (χ3n) is 3.13. The zero-order chi connectivity index (χ0) is 15.1. The Morgan fingerprint density at radius 2 is 2.14 bits per heavy atom. The first-order chi connectivity index (χ1) is 10.0. The monoisotopic (exact) mass is 309 g/mol. The van der Waals surface area contributed by atoms with Gasteiger partial charge in [-0.25, -0.2) is 4.39 Å². The fourth-order valence-corrected chi connectivity index (χ4v) is 2.24. The Bertz CT molecular complexity index is 759. The summed E-state index contributed by atoms with van der Waals surface area (Å²) in [4.78, 5) is 29.0. The normalized spacial score (nSPS) is 14.0. The van der Waals surface area contributed by atoms with E-state index in [1.54, 1.807) is 0 Å². The third kappa shape index (κ3) is 2.19. The Morgan fingerprint density at radius 1 is 1.38 bits per heavy atom. The standard InChI is InChI=1S/C13H9ClFN3O3/c1-2-10-16-11(21-17-10)5-18-9-4-8(15)7(14)3-6(9)12(19)13(18)20/h3-4H,2,5H2,1H3. The molecule has 108 valence electrons. The quantitative estimate of drug-likeness (QED) is 0.812. The number of hydrogen-bond acceptors (Lipinski definition) is 5. The molecule has 21 heavy (non-hydrogen) atoms. The minimum atomic E-state index is -0.775. The van der Waals surface area contributed by atoms with Gasteiger partial charge in [-0.15, -0.1) is 0 Å². The summed E-state index contributed by atoms with van der Waals surface area (Å²) < 4.78 is 18.6. The molecule has 1 aliphatic heterocycles. The van der Waals surface area contributed by atoms with Crippen LogP contribution in [0.2, 0.25) is 5.02 Å². The maximum atomic E-state index is 13.6. The number of fused-ring (bicyclic) bond motifs is 1. The second-order valence-corrected chi connectivity index (χ2v) is 4.87. The van der Waals surface area contributed by atoms with Crippen LogP contribution >= 0.6 is 11.6 Å². The predicted octanol–water partition coefficient (Wildman–Crippen LogP) is 2.15. The molecule has 0 radical (unpaired) electrons. The number of carbonyl (C=O) groups excluding carboxylic acids is 2. The van der Waals surface area contributed by atoms with Crippen LogP contribution in [0.4, 0.5) is 10.1 Å². The summed E-state index contributed by atoms with van der Waals surface area (Å²) >= 11 is 5.64. The van der Waals surface area contributed by atoms with E-state index >= 15 is 0 Å². The number of anilines is 1. The minimum absolute atomic E-state index is 0.0710. The summed E-state index contributed by atoms with van der Waals surface area (Å²) in [7, 11) is 0. The molecule has 3 rings (SSSR count). The molecule has 1 aliphatic rings. The van der Waals surface area contributed by atoms with Crippen molar-refractivity contribution in [2.45, 2.75) is 19.9 Å². The van der Waals surface area contributed by atoms with Gasteiger partial charge in [-0.1, -0.05) is 23.7 Å². The average molecular weight is 310 g/mol. The molecule has 0 bridgehead atoms. The van der Waals surface area contributed by atoms with Crippen LogP contribution in [0.3, 0.4) is 0 Å². The van der Waals surface area contributed by atoms with Crippen molar-refractivity contribution >= 4 is 29.0 Å². The highest BCUT2D eigenvalue weighted by atomic mass is 35.5. The summed E-state index contributed by atoms with van der Waals surface area (Å²) in [6.45, 7) is 1.76. The van der Waals surface area contributed by atoms with Crippen LogP contribution in [0.5, 0.6) is 0 Å². The van der Waals surface area contributed by atoms with Crippen molar-refractivity contribution < 1.29 is 18.5 Å². The number of rotatable bonds is 3. The Balaban J connectivity index is 1.99. The first-order valence-corrected chi connectivity index (χ1v) is 6.55. The number of ketones is 1. The molecule has 1 aromatic carbocycles. The van der Waals surface area contributed by atoms with Gasteiger partial charge < -0.3 is 4.52 Å². The number of halogens is 2. The molecular weight excluding hydrogens is 301 g/mol. The SMILES string of the molecule is CCc1noc(CN2C(=O)C(=O)c3cc(Cl)c(F)cc32)n1. The molecule has 2 aromatic rings. The summed E-state index contributed by atoms with van der Waals surface area (Å²) in [5.74, 6) is -1.55. The van der Waals surface area contributed by atoms with E-state index in [1.165, 1.54) is 0 Å². The number of aromatic nitrogens is 2. The van der Waals surface area contributed by atoms with Gasteiger partial charge in [0.25, 0.3) is 11.7 Å². The summed E-state index contributed by atoms with van der Waals surface area (Å²) in [6.07, 6.45) is 0.581. The number of amides is 1. The highest BCUT2D eigenvalue weighted by Crippen LogP contribution is 2.33. The molecule has 0 fully saturated rings. The van der Waals surface area contributed by atoms with Gasteiger partial charge in [-0.3, -0.25) is 14.5 Å². The number of Topliss-reactive ketones (excluding diaryl/α,β-unsaturated/α-hetero) is 1. The smallest absolute Gasteiger partial charge is 0.299 e. The molecule has 0 saturated heterocycles. The summed E-state index contributed by atoms with van der Waals surface area (Å²) in [5, 5.41) is 3.50. The van der Waals surface area contributed by atoms with Gasteiger partial charge in [-0.2, -0.15) is 4.98 Å². The van der Waals surface area contributed by atoms with E-state index in [9.17, 15) is 14.0 Å². The molecule has 1 aromatic heterocycles. The van der Waals surface area contributed by atoms with E-state index in [1.807, 2.05) is 6.92 Å². The highest BCUT2D eigenvalue weighted by molar-refractivity contribution is 6.52. The van der Waals surface area contributed by atoms with Gasteiger partial charge in [0.05, 0.1) is 16.3 Å². The van der Waals surface area contributed by atoms with Crippen LogP contribution in [-0.4, -0.2) is 21.8 Å². The molecule has 0 aliphatic carbocycles. The van der Waals surface area contributed by atoms with E-state index in [0.717, 1.165) is 17.0 Å². The van der Waals surface area contributed by atoms with Crippen LogP contribution in [0.15, 0.2) is 16.7 Å². The summed E-state index contributed by atoms with van der Waals surface area (Å²) in [5.41, 5.74) is 0.227. The number of hydrogen-bond donors (Lipinski definition) is 0. The van der Waals surface area contributed by atoms with Gasteiger partial charge in [-0.05, 0) is 12.1 Å². The lowest BCUT2D eigenvalue weighted by Crippen LogP contribution is -2.29. The highest BCUT2D eigenvalue weighted by Gasteiger charge is 2.37. The first-order valence-electron chi connectivity index (χ1n) is 6.18. The molecule has 0 atom stereocenters. The van der Waals surface area contributed by atoms with Crippen molar-refractivity contribution in [3.63, 3.8) is 0 Å². The van der Waals surface area contributed by atoms with Gasteiger partial charge in [0.1, 0.15) is 12.4 Å². The van der Waals surface area contributed by atoms with E-state index in [4.69, 9.17) is 16.1 Å². The van der Waals surface area contributed by atoms with E-state index in [2.05, 4.69) is 10.1 Å². The number of nitrogens with zero attached hydrogens (tertiary/aromatic N) is 3. The number of carbonyl (C=O) groups is 2. The zero-order valence-electron chi connectivity index (χ0n) is 10.9. The Kier molecular flexibility index (Phi) is 3.21. The fraction of sp³-hybridized carbons (Fsp3) is 0.231. The van der Waals surface area contributed by atoms with Crippen LogP contribution in [0.25, 0.3) is 0 Å². The molecule has 2 heterocycles. The lowest BCUT2D eigenvalue weighted by Gasteiger charge is -2.13. The predicted molar refractivity (Wildman–Crippen MR) is 70.6 cm³/mol. The van der Waals surface area contributed by atoms with Gasteiger partial charge in [0.2, 0.25) is 5.89 Å². The first kappa shape index (κ1) is 13.7. The van der Waals surface area contributed by atoms with E-state index < -0.39 is 17.5 Å². The van der Waals surface area contributed by atoms with Gasteiger partial charge in [0.15, 0.2) is 5.82 Å². The molecule has 1 amide bonds. The molecule has 0 N–H and O–H groups in total. The lowest BCUT2D eigenvalue weighted by atomic mass is 10.1. The molecule has 0 saturated carbocycles. The topological polar surface area (TPSA) is 76.3 Å². The van der Waals surface area contributed by atoms with Crippen LogP contribution in [0, 0.1) is 5.82 Å². The number of aryl methyl sites for hydroxylation is 1.